The van der Waals surface area contributed by atoms with Crippen LogP contribution in [0.4, 0.5) is 0 Å². The fourth-order valence-corrected chi connectivity index (χ4v) is 4.15. The molecule has 2 aromatic heterocycles. The molecule has 144 valence electrons. The van der Waals surface area contributed by atoms with Crippen LogP contribution in [0.1, 0.15) is 49.2 Å². The highest BCUT2D eigenvalue weighted by atomic mass is 32.1. The van der Waals surface area contributed by atoms with Crippen LogP contribution in [0.5, 0.6) is 0 Å². The molecular weight excluding hydrogens is 368 g/mol. The molecule has 0 fully saturated rings. The van der Waals surface area contributed by atoms with Crippen LogP contribution in [0.15, 0.2) is 53.1 Å². The van der Waals surface area contributed by atoms with Gasteiger partial charge in [0.1, 0.15) is 5.01 Å². The van der Waals surface area contributed by atoms with Crippen molar-refractivity contribution in [1.82, 2.24) is 20.0 Å². The number of rotatable bonds is 6. The van der Waals surface area contributed by atoms with Crippen molar-refractivity contribution in [1.29, 1.82) is 0 Å². The van der Waals surface area contributed by atoms with Crippen LogP contribution >= 0.6 is 11.3 Å². The number of thiazole rings is 1. The zero-order chi connectivity index (χ0) is 19.7. The Morgan fingerprint density at radius 3 is 2.46 bits per heavy atom. The van der Waals surface area contributed by atoms with Crippen molar-refractivity contribution in [2.45, 2.75) is 39.3 Å². The molecule has 0 aliphatic heterocycles. The van der Waals surface area contributed by atoms with Gasteiger partial charge < -0.3 is 4.52 Å². The summed E-state index contributed by atoms with van der Waals surface area (Å²) in [7, 11) is 2.05. The average molecular weight is 393 g/mol. The summed E-state index contributed by atoms with van der Waals surface area (Å²) in [4.78, 5) is 11.5. The lowest BCUT2D eigenvalue weighted by Crippen LogP contribution is -2.22. The molecule has 0 unspecified atom stereocenters. The Morgan fingerprint density at radius 1 is 1.00 bits per heavy atom. The molecule has 5 nitrogen and oxygen atoms in total. The van der Waals surface area contributed by atoms with Crippen LogP contribution in [-0.4, -0.2) is 27.1 Å². The van der Waals surface area contributed by atoms with Gasteiger partial charge in [0.25, 0.3) is 0 Å². The molecule has 28 heavy (non-hydrogen) atoms. The second-order valence-corrected chi connectivity index (χ2v) is 8.46. The normalized spacial score (nSPS) is 12.9. The highest BCUT2D eigenvalue weighted by molar-refractivity contribution is 7.18. The number of benzene rings is 2. The van der Waals surface area contributed by atoms with Gasteiger partial charge in [-0.25, -0.2) is 4.98 Å². The van der Waals surface area contributed by atoms with Crippen LogP contribution in [0, 0.1) is 0 Å². The van der Waals surface area contributed by atoms with Gasteiger partial charge in [0.2, 0.25) is 11.7 Å². The van der Waals surface area contributed by atoms with Gasteiger partial charge in [-0.1, -0.05) is 55.4 Å². The van der Waals surface area contributed by atoms with Gasteiger partial charge in [-0.3, -0.25) is 4.90 Å². The molecule has 2 aromatic carbocycles. The topological polar surface area (TPSA) is 55.1 Å². The van der Waals surface area contributed by atoms with E-state index in [2.05, 4.69) is 79.3 Å². The zero-order valence-electron chi connectivity index (χ0n) is 16.6. The Labute approximate surface area is 169 Å². The molecule has 0 aliphatic rings. The number of fused-ring (bicyclic) bond motifs is 1. The summed E-state index contributed by atoms with van der Waals surface area (Å²) >= 11 is 1.73. The first-order chi connectivity index (χ1) is 13.5. The van der Waals surface area contributed by atoms with Gasteiger partial charge in [0, 0.05) is 5.56 Å². The van der Waals surface area contributed by atoms with Crippen molar-refractivity contribution >= 4 is 21.6 Å². The number of nitrogens with zero attached hydrogens (tertiary/aromatic N) is 4. The van der Waals surface area contributed by atoms with Crippen molar-refractivity contribution in [3.05, 3.63) is 65.0 Å². The van der Waals surface area contributed by atoms with Gasteiger partial charge in [-0.15, -0.1) is 11.3 Å². The first-order valence-electron chi connectivity index (χ1n) is 9.50. The van der Waals surface area contributed by atoms with Crippen molar-refractivity contribution in [3.8, 4) is 11.4 Å². The van der Waals surface area contributed by atoms with Crippen LogP contribution in [0.2, 0.25) is 0 Å². The Morgan fingerprint density at radius 2 is 1.75 bits per heavy atom. The van der Waals surface area contributed by atoms with E-state index in [-0.39, 0.29) is 6.04 Å². The lowest BCUT2D eigenvalue weighted by Gasteiger charge is -2.20. The Bertz CT molecular complexity index is 1030. The molecule has 0 radical (unpaired) electrons. The molecule has 6 heteroatoms. The maximum atomic E-state index is 5.49. The molecular formula is C22H24N4OS. The Hall–Kier alpha value is -2.57. The highest BCUT2D eigenvalue weighted by Gasteiger charge is 2.19. The zero-order valence-corrected chi connectivity index (χ0v) is 17.4. The maximum Gasteiger partial charge on any atom is 0.241 e. The molecule has 0 spiro atoms. The summed E-state index contributed by atoms with van der Waals surface area (Å²) in [6.07, 6.45) is 0. The monoisotopic (exact) mass is 392 g/mol. The largest absolute Gasteiger partial charge is 0.338 e. The van der Waals surface area contributed by atoms with E-state index < -0.39 is 0 Å². The summed E-state index contributed by atoms with van der Waals surface area (Å²) in [6, 6.07) is 16.7. The van der Waals surface area contributed by atoms with E-state index >= 15 is 0 Å². The molecule has 0 N–H and O–H groups in total. The summed E-state index contributed by atoms with van der Waals surface area (Å²) in [5, 5.41) is 5.25. The van der Waals surface area contributed by atoms with Gasteiger partial charge >= 0.3 is 0 Å². The maximum absolute atomic E-state index is 5.49. The summed E-state index contributed by atoms with van der Waals surface area (Å²) in [5.41, 5.74) is 3.32. The second-order valence-electron chi connectivity index (χ2n) is 7.40. The fourth-order valence-electron chi connectivity index (χ4n) is 3.06. The van der Waals surface area contributed by atoms with E-state index in [9.17, 15) is 0 Å². The molecule has 4 aromatic rings. The number of aromatic nitrogens is 3. The molecule has 0 bridgehead atoms. The predicted octanol–water partition coefficient (Wildman–Crippen LogP) is 5.66. The molecule has 1 atom stereocenters. The molecule has 0 amide bonds. The summed E-state index contributed by atoms with van der Waals surface area (Å²) < 4.78 is 6.70. The summed E-state index contributed by atoms with van der Waals surface area (Å²) in [5.74, 6) is 1.75. The third-order valence-corrected chi connectivity index (χ3v) is 6.22. The third-order valence-electron chi connectivity index (χ3n) is 5.02. The number of hydrogen-bond donors (Lipinski definition) is 0. The standard InChI is InChI=1S/C22H24N4OS/c1-14(2)16-9-11-17(12-10-16)21-24-20(27-25-21)13-26(4)15(3)22-23-18-7-5-6-8-19(18)28-22/h5-12,14-15H,13H2,1-4H3/t15-/m0/s1. The van der Waals surface area contributed by atoms with Gasteiger partial charge in [-0.05, 0) is 37.6 Å². The molecule has 0 saturated carbocycles. The smallest absolute Gasteiger partial charge is 0.241 e. The number of para-hydroxylation sites is 1. The van der Waals surface area contributed by atoms with Crippen molar-refractivity contribution < 1.29 is 4.52 Å². The minimum Gasteiger partial charge on any atom is -0.338 e. The first-order valence-corrected chi connectivity index (χ1v) is 10.3. The van der Waals surface area contributed by atoms with Crippen LogP contribution in [-0.2, 0) is 6.54 Å². The third kappa shape index (κ3) is 3.84. The van der Waals surface area contributed by atoms with E-state index in [4.69, 9.17) is 9.51 Å². The summed E-state index contributed by atoms with van der Waals surface area (Å²) in [6.45, 7) is 7.10. The SMILES string of the molecule is CC(C)c1ccc(-c2noc(CN(C)[C@@H](C)c3nc4ccccc4s3)n2)cc1. The minimum atomic E-state index is 0.165. The average Bonchev–Trinajstić information content (AvgIpc) is 3.34. The molecule has 2 heterocycles. The van der Waals surface area contributed by atoms with Crippen LogP contribution in [0.25, 0.3) is 21.6 Å². The quantitative estimate of drug-likeness (QED) is 0.423. The van der Waals surface area contributed by atoms with E-state index in [0.717, 1.165) is 16.1 Å². The van der Waals surface area contributed by atoms with Crippen LogP contribution in [0.3, 0.4) is 0 Å². The van der Waals surface area contributed by atoms with Crippen LogP contribution < -0.4 is 0 Å². The van der Waals surface area contributed by atoms with E-state index in [1.807, 2.05) is 12.1 Å². The van der Waals surface area contributed by atoms with Gasteiger partial charge in [0.15, 0.2) is 0 Å². The van der Waals surface area contributed by atoms with Crippen molar-refractivity contribution in [3.63, 3.8) is 0 Å². The lowest BCUT2D eigenvalue weighted by molar-refractivity contribution is 0.216. The van der Waals surface area contributed by atoms with Crippen molar-refractivity contribution in [2.75, 3.05) is 7.05 Å². The Kier molecular flexibility index (Phi) is 5.24. The van der Waals surface area contributed by atoms with Gasteiger partial charge in [0.05, 0.1) is 22.8 Å². The second kappa shape index (κ2) is 7.81. The van der Waals surface area contributed by atoms with E-state index in [1.54, 1.807) is 11.3 Å². The fraction of sp³-hybridized carbons (Fsp3) is 0.318. The van der Waals surface area contributed by atoms with Gasteiger partial charge in [-0.2, -0.15) is 4.98 Å². The molecule has 0 saturated heterocycles. The van der Waals surface area contributed by atoms with E-state index in [0.29, 0.717) is 24.2 Å². The highest BCUT2D eigenvalue weighted by Crippen LogP contribution is 2.29. The predicted molar refractivity (Wildman–Crippen MR) is 113 cm³/mol. The minimum absolute atomic E-state index is 0.165. The first kappa shape index (κ1) is 18.8. The molecule has 4 rings (SSSR count). The Balaban J connectivity index is 1.46. The molecule has 0 aliphatic carbocycles. The number of hydrogen-bond acceptors (Lipinski definition) is 6. The lowest BCUT2D eigenvalue weighted by atomic mass is 10.0. The van der Waals surface area contributed by atoms with Crippen molar-refractivity contribution in [2.24, 2.45) is 0 Å². The van der Waals surface area contributed by atoms with E-state index in [1.165, 1.54) is 10.3 Å².